The molecule has 1 atom stereocenters. The molecular formula is C17H19IN2O2S. The normalized spacial score (nSPS) is 20.5. The first-order valence-electron chi connectivity index (χ1n) is 7.49. The van der Waals surface area contributed by atoms with Crippen LogP contribution in [-0.2, 0) is 10.0 Å². The van der Waals surface area contributed by atoms with Crippen LogP contribution in [0.4, 0.5) is 0 Å². The van der Waals surface area contributed by atoms with E-state index in [-0.39, 0.29) is 6.04 Å². The van der Waals surface area contributed by atoms with Crippen molar-refractivity contribution in [2.45, 2.75) is 10.9 Å². The van der Waals surface area contributed by atoms with Crippen LogP contribution in [0.5, 0.6) is 0 Å². The molecule has 1 aliphatic rings. The van der Waals surface area contributed by atoms with E-state index in [0.717, 1.165) is 15.7 Å². The molecule has 0 N–H and O–H groups in total. The van der Waals surface area contributed by atoms with E-state index < -0.39 is 10.0 Å². The molecule has 1 fully saturated rings. The molecule has 4 nitrogen and oxygen atoms in total. The Morgan fingerprint density at radius 3 is 2.48 bits per heavy atom. The Labute approximate surface area is 151 Å². The van der Waals surface area contributed by atoms with Crippen molar-refractivity contribution < 1.29 is 8.42 Å². The summed E-state index contributed by atoms with van der Waals surface area (Å²) in [5, 5.41) is 0. The Hall–Kier alpha value is -0.960. The highest BCUT2D eigenvalue weighted by Crippen LogP contribution is 2.31. The summed E-state index contributed by atoms with van der Waals surface area (Å²) in [6.07, 6.45) is 0. The average Bonchev–Trinajstić information content (AvgIpc) is 2.55. The molecule has 2 aromatic rings. The lowest BCUT2D eigenvalue weighted by Crippen LogP contribution is -2.49. The van der Waals surface area contributed by atoms with Crippen molar-refractivity contribution in [1.82, 2.24) is 9.21 Å². The minimum Gasteiger partial charge on any atom is -0.303 e. The van der Waals surface area contributed by atoms with Gasteiger partial charge in [0.15, 0.2) is 0 Å². The van der Waals surface area contributed by atoms with Gasteiger partial charge in [0, 0.05) is 23.2 Å². The standard InChI is InChI=1S/C17H19IN2O2S/c1-19-10-11-20(17(13-19)14-6-3-2-4-7-14)23(21,22)16-9-5-8-15(18)12-16/h2-9,12,17H,10-11,13H2,1H3. The van der Waals surface area contributed by atoms with Crippen LogP contribution in [0.3, 0.4) is 0 Å². The number of hydrogen-bond donors (Lipinski definition) is 0. The zero-order chi connectivity index (χ0) is 16.4. The molecule has 122 valence electrons. The summed E-state index contributed by atoms with van der Waals surface area (Å²) >= 11 is 2.15. The van der Waals surface area contributed by atoms with E-state index in [0.29, 0.717) is 18.0 Å². The van der Waals surface area contributed by atoms with Crippen molar-refractivity contribution in [2.24, 2.45) is 0 Å². The summed E-state index contributed by atoms with van der Waals surface area (Å²) < 4.78 is 28.8. The van der Waals surface area contributed by atoms with Crippen molar-refractivity contribution in [3.05, 3.63) is 63.7 Å². The smallest absolute Gasteiger partial charge is 0.243 e. The molecule has 0 spiro atoms. The Morgan fingerprint density at radius 1 is 1.04 bits per heavy atom. The number of likely N-dealkylation sites (N-methyl/N-ethyl adjacent to an activating group) is 1. The van der Waals surface area contributed by atoms with Crippen LogP contribution in [0.2, 0.25) is 0 Å². The molecule has 1 saturated heterocycles. The highest BCUT2D eigenvalue weighted by Gasteiger charge is 2.36. The van der Waals surface area contributed by atoms with Crippen LogP contribution in [-0.4, -0.2) is 44.3 Å². The van der Waals surface area contributed by atoms with Gasteiger partial charge in [-0.25, -0.2) is 8.42 Å². The van der Waals surface area contributed by atoms with E-state index >= 15 is 0 Å². The van der Waals surface area contributed by atoms with Crippen LogP contribution in [0, 0.1) is 3.57 Å². The van der Waals surface area contributed by atoms with Crippen LogP contribution >= 0.6 is 22.6 Å². The van der Waals surface area contributed by atoms with Gasteiger partial charge in [-0.1, -0.05) is 36.4 Å². The van der Waals surface area contributed by atoms with E-state index in [1.165, 1.54) is 0 Å². The van der Waals surface area contributed by atoms with Crippen LogP contribution < -0.4 is 0 Å². The highest BCUT2D eigenvalue weighted by molar-refractivity contribution is 14.1. The maximum absolute atomic E-state index is 13.1. The quantitative estimate of drug-likeness (QED) is 0.687. The SMILES string of the molecule is CN1CCN(S(=O)(=O)c2cccc(I)c2)C(c2ccccc2)C1. The zero-order valence-electron chi connectivity index (χ0n) is 12.9. The second-order valence-corrected chi connectivity index (χ2v) is 8.90. The van der Waals surface area contributed by atoms with Crippen molar-refractivity contribution in [3.63, 3.8) is 0 Å². The second-order valence-electron chi connectivity index (χ2n) is 5.76. The minimum atomic E-state index is -3.50. The Bertz CT molecular complexity index is 780. The maximum Gasteiger partial charge on any atom is 0.243 e. The Kier molecular flexibility index (Phi) is 5.05. The average molecular weight is 442 g/mol. The molecule has 0 aromatic heterocycles. The fourth-order valence-corrected chi connectivity index (χ4v) is 5.30. The number of hydrogen-bond acceptors (Lipinski definition) is 3. The first-order chi connectivity index (χ1) is 11.0. The second kappa shape index (κ2) is 6.88. The van der Waals surface area contributed by atoms with E-state index in [2.05, 4.69) is 27.5 Å². The fourth-order valence-electron chi connectivity index (χ4n) is 2.90. The number of piperazine rings is 1. The molecule has 0 bridgehead atoms. The van der Waals surface area contributed by atoms with Gasteiger partial charge in [-0.2, -0.15) is 4.31 Å². The predicted molar refractivity (Wildman–Crippen MR) is 99.7 cm³/mol. The summed E-state index contributed by atoms with van der Waals surface area (Å²) in [7, 11) is -1.47. The summed E-state index contributed by atoms with van der Waals surface area (Å²) in [6.45, 7) is 1.95. The van der Waals surface area contributed by atoms with Gasteiger partial charge in [-0.3, -0.25) is 0 Å². The van der Waals surface area contributed by atoms with Crippen LogP contribution in [0.25, 0.3) is 0 Å². The van der Waals surface area contributed by atoms with Gasteiger partial charge in [0.25, 0.3) is 0 Å². The van der Waals surface area contributed by atoms with Gasteiger partial charge in [0.1, 0.15) is 0 Å². The lowest BCUT2D eigenvalue weighted by Gasteiger charge is -2.39. The molecule has 0 amide bonds. The van der Waals surface area contributed by atoms with E-state index in [4.69, 9.17) is 0 Å². The van der Waals surface area contributed by atoms with E-state index in [1.54, 1.807) is 22.5 Å². The molecule has 0 radical (unpaired) electrons. The molecule has 2 aromatic carbocycles. The molecule has 3 rings (SSSR count). The molecular weight excluding hydrogens is 423 g/mol. The first-order valence-corrected chi connectivity index (χ1v) is 10.0. The number of sulfonamides is 1. The van der Waals surface area contributed by atoms with Crippen molar-refractivity contribution in [3.8, 4) is 0 Å². The van der Waals surface area contributed by atoms with Gasteiger partial charge >= 0.3 is 0 Å². The van der Waals surface area contributed by atoms with Gasteiger partial charge in [-0.15, -0.1) is 0 Å². The zero-order valence-corrected chi connectivity index (χ0v) is 15.9. The topological polar surface area (TPSA) is 40.6 Å². The molecule has 1 unspecified atom stereocenters. The summed E-state index contributed by atoms with van der Waals surface area (Å²) in [5.74, 6) is 0. The van der Waals surface area contributed by atoms with E-state index in [9.17, 15) is 8.42 Å². The molecule has 1 aliphatic heterocycles. The summed E-state index contributed by atoms with van der Waals surface area (Å²) in [6, 6.07) is 16.8. The van der Waals surface area contributed by atoms with Gasteiger partial charge < -0.3 is 4.90 Å². The minimum absolute atomic E-state index is 0.155. The number of rotatable bonds is 3. The van der Waals surface area contributed by atoms with Crippen molar-refractivity contribution >= 4 is 32.6 Å². The Balaban J connectivity index is 2.01. The molecule has 1 heterocycles. The number of benzene rings is 2. The monoisotopic (exact) mass is 442 g/mol. The largest absolute Gasteiger partial charge is 0.303 e. The lowest BCUT2D eigenvalue weighted by atomic mass is 10.1. The number of halogens is 1. The third-order valence-electron chi connectivity index (χ3n) is 4.12. The summed E-state index contributed by atoms with van der Waals surface area (Å²) in [4.78, 5) is 2.55. The molecule has 6 heteroatoms. The van der Waals surface area contributed by atoms with Crippen LogP contribution in [0.1, 0.15) is 11.6 Å². The Morgan fingerprint density at radius 2 is 1.78 bits per heavy atom. The molecule has 0 saturated carbocycles. The van der Waals surface area contributed by atoms with Crippen LogP contribution in [0.15, 0.2) is 59.5 Å². The third-order valence-corrected chi connectivity index (χ3v) is 6.70. The van der Waals surface area contributed by atoms with E-state index in [1.807, 2.05) is 43.4 Å². The third kappa shape index (κ3) is 3.60. The van der Waals surface area contributed by atoms with Crippen molar-refractivity contribution in [1.29, 1.82) is 0 Å². The van der Waals surface area contributed by atoms with Gasteiger partial charge in [0.05, 0.1) is 10.9 Å². The predicted octanol–water partition coefficient (Wildman–Crippen LogP) is 2.97. The maximum atomic E-state index is 13.1. The fraction of sp³-hybridized carbons (Fsp3) is 0.294. The van der Waals surface area contributed by atoms with Gasteiger partial charge in [0.2, 0.25) is 10.0 Å². The highest BCUT2D eigenvalue weighted by atomic mass is 127. The molecule has 23 heavy (non-hydrogen) atoms. The van der Waals surface area contributed by atoms with Crippen molar-refractivity contribution in [2.75, 3.05) is 26.7 Å². The lowest BCUT2D eigenvalue weighted by molar-refractivity contribution is 0.160. The first kappa shape index (κ1) is 16.9. The summed E-state index contributed by atoms with van der Waals surface area (Å²) in [5.41, 5.74) is 1.04. The molecule has 0 aliphatic carbocycles. The van der Waals surface area contributed by atoms with Gasteiger partial charge in [-0.05, 0) is 53.4 Å². The number of nitrogens with zero attached hydrogens (tertiary/aromatic N) is 2.